The number of rotatable bonds is 7. The van der Waals surface area contributed by atoms with Crippen molar-refractivity contribution in [1.29, 1.82) is 0 Å². The van der Waals surface area contributed by atoms with Crippen molar-refractivity contribution < 1.29 is 32.7 Å². The average Bonchev–Trinajstić information content (AvgIpc) is 3.28. The largest absolute Gasteiger partial charge is 0.505 e. The number of methoxy groups -OCH3 is 1. The predicted molar refractivity (Wildman–Crippen MR) is 124 cm³/mol. The van der Waals surface area contributed by atoms with Gasteiger partial charge in [-0.1, -0.05) is 5.16 Å². The minimum atomic E-state index is -1.02. The van der Waals surface area contributed by atoms with Gasteiger partial charge < -0.3 is 19.1 Å². The minimum absolute atomic E-state index is 0.0144. The number of aryl methyl sites for hydroxylation is 1. The maximum absolute atomic E-state index is 15.0. The Labute approximate surface area is 197 Å². The molecule has 0 saturated heterocycles. The molecule has 1 aromatic heterocycles. The van der Waals surface area contributed by atoms with Crippen LogP contribution in [0.15, 0.2) is 50.9 Å². The number of amides is 1. The Hall–Kier alpha value is -3.80. The fourth-order valence-corrected chi connectivity index (χ4v) is 3.29. The molecule has 0 bridgehead atoms. The van der Waals surface area contributed by atoms with E-state index in [2.05, 4.69) is 24.9 Å². The number of benzene rings is 2. The smallest absolute Gasteiger partial charge is 0.434 e. The Morgan fingerprint density at radius 3 is 2.59 bits per heavy atom. The van der Waals surface area contributed by atoms with Gasteiger partial charge in [0.25, 0.3) is 0 Å². The summed E-state index contributed by atoms with van der Waals surface area (Å²) in [5.41, 5.74) is 0.763. The summed E-state index contributed by atoms with van der Waals surface area (Å²) in [7, 11) is 1.15. The quantitative estimate of drug-likeness (QED) is 0.367. The first-order valence-electron chi connectivity index (χ1n) is 9.78. The zero-order valence-corrected chi connectivity index (χ0v) is 19.2. The standard InChI is InChI=1S/C22H20F2N4O5S/c1-12-25-20(28-33-12)13-4-6-14(7-5-13)26-19(21(34-3)27-22(30)31-2)16-10-15(32-9-8-23)11-17(29)18(16)24/h4-7,10-11,29H,8-9H2,1-3H3/b26-19?,27-21-. The van der Waals surface area contributed by atoms with Crippen molar-refractivity contribution >= 4 is 34.3 Å². The molecule has 3 aromatic rings. The van der Waals surface area contributed by atoms with Crippen LogP contribution in [0.3, 0.4) is 0 Å². The van der Waals surface area contributed by atoms with Gasteiger partial charge in [0.2, 0.25) is 11.7 Å². The number of carbonyl (C=O) groups excluding carboxylic acids is 1. The lowest BCUT2D eigenvalue weighted by Gasteiger charge is -2.13. The second-order valence-corrected chi connectivity index (χ2v) is 7.37. The van der Waals surface area contributed by atoms with E-state index < -0.39 is 24.3 Å². The summed E-state index contributed by atoms with van der Waals surface area (Å²) in [5.74, 6) is -0.940. The zero-order valence-electron chi connectivity index (χ0n) is 18.4. The minimum Gasteiger partial charge on any atom is -0.505 e. The molecule has 12 heteroatoms. The highest BCUT2D eigenvalue weighted by Gasteiger charge is 2.22. The van der Waals surface area contributed by atoms with Crippen LogP contribution in [0.1, 0.15) is 11.5 Å². The number of halogens is 2. The molecule has 0 saturated carbocycles. The molecule has 9 nitrogen and oxygen atoms in total. The lowest BCUT2D eigenvalue weighted by atomic mass is 10.1. The summed E-state index contributed by atoms with van der Waals surface area (Å²) in [4.78, 5) is 24.3. The fraction of sp³-hybridized carbons (Fsp3) is 0.227. The van der Waals surface area contributed by atoms with Crippen molar-refractivity contribution in [2.75, 3.05) is 26.6 Å². The molecule has 3 rings (SSSR count). The molecule has 0 atom stereocenters. The lowest BCUT2D eigenvalue weighted by molar-refractivity contribution is 0.183. The third-order valence-electron chi connectivity index (χ3n) is 4.29. The first-order chi connectivity index (χ1) is 16.4. The Morgan fingerprint density at radius 1 is 1.26 bits per heavy atom. The van der Waals surface area contributed by atoms with E-state index in [1.54, 1.807) is 37.4 Å². The van der Waals surface area contributed by atoms with Crippen LogP contribution >= 0.6 is 11.8 Å². The van der Waals surface area contributed by atoms with Gasteiger partial charge in [-0.3, -0.25) is 0 Å². The summed E-state index contributed by atoms with van der Waals surface area (Å²) in [6, 6.07) is 8.88. The van der Waals surface area contributed by atoms with Crippen molar-refractivity contribution in [3.63, 3.8) is 0 Å². The van der Waals surface area contributed by atoms with Gasteiger partial charge in [0, 0.05) is 24.1 Å². The number of carbonyl (C=O) groups is 1. The second kappa shape index (κ2) is 11.4. The summed E-state index contributed by atoms with van der Waals surface area (Å²) >= 11 is 1.01. The number of aliphatic imine (C=N–C) groups is 2. The van der Waals surface area contributed by atoms with E-state index >= 15 is 0 Å². The fourth-order valence-electron chi connectivity index (χ4n) is 2.77. The maximum Gasteiger partial charge on any atom is 0.434 e. The number of hydrogen-bond acceptors (Lipinski definition) is 9. The molecule has 0 spiro atoms. The number of ether oxygens (including phenoxy) is 2. The predicted octanol–water partition coefficient (Wildman–Crippen LogP) is 4.89. The van der Waals surface area contributed by atoms with Crippen LogP contribution in [0.4, 0.5) is 19.3 Å². The van der Waals surface area contributed by atoms with Crippen LogP contribution in [0, 0.1) is 12.7 Å². The van der Waals surface area contributed by atoms with E-state index in [9.17, 15) is 18.7 Å². The SMILES string of the molecule is COC(=O)/N=C(\SC)C(=Nc1ccc(-c2noc(C)n2)cc1)c1cc(OCCF)cc(O)c1F. The number of aromatic nitrogens is 2. The van der Waals surface area contributed by atoms with Crippen molar-refractivity contribution in [2.45, 2.75) is 6.92 Å². The third-order valence-corrected chi connectivity index (χ3v) is 4.96. The van der Waals surface area contributed by atoms with Crippen LogP contribution in [-0.2, 0) is 4.74 Å². The van der Waals surface area contributed by atoms with Gasteiger partial charge in [-0.25, -0.2) is 18.6 Å². The average molecular weight is 490 g/mol. The third kappa shape index (κ3) is 5.95. The van der Waals surface area contributed by atoms with Crippen molar-refractivity contribution in [3.05, 3.63) is 53.7 Å². The molecular formula is C22H20F2N4O5S. The highest BCUT2D eigenvalue weighted by Crippen LogP contribution is 2.30. The van der Waals surface area contributed by atoms with Gasteiger partial charge in [0.05, 0.1) is 12.8 Å². The molecule has 34 heavy (non-hydrogen) atoms. The summed E-state index contributed by atoms with van der Waals surface area (Å²) < 4.78 is 42.3. The van der Waals surface area contributed by atoms with Gasteiger partial charge in [-0.05, 0) is 36.6 Å². The maximum atomic E-state index is 15.0. The highest BCUT2D eigenvalue weighted by atomic mass is 32.2. The van der Waals surface area contributed by atoms with Gasteiger partial charge in [0.1, 0.15) is 29.8 Å². The van der Waals surface area contributed by atoms with Crippen molar-refractivity contribution in [3.8, 4) is 22.9 Å². The molecule has 0 radical (unpaired) electrons. The number of phenols is 1. The van der Waals surface area contributed by atoms with Crippen LogP contribution in [0.2, 0.25) is 0 Å². The molecule has 1 amide bonds. The lowest BCUT2D eigenvalue weighted by Crippen LogP contribution is -2.16. The summed E-state index contributed by atoms with van der Waals surface area (Å²) in [5, 5.41) is 13.9. The van der Waals surface area contributed by atoms with Gasteiger partial charge in [-0.15, -0.1) is 11.8 Å². The number of hydrogen-bond donors (Lipinski definition) is 1. The molecular weight excluding hydrogens is 470 g/mol. The van der Waals surface area contributed by atoms with Crippen LogP contribution in [0.5, 0.6) is 11.5 Å². The molecule has 0 unspecified atom stereocenters. The number of phenolic OH excluding ortho intramolecular Hbond substituents is 1. The molecule has 2 aromatic carbocycles. The Balaban J connectivity index is 2.13. The van der Waals surface area contributed by atoms with E-state index in [-0.39, 0.29) is 28.7 Å². The molecule has 0 fully saturated rings. The molecule has 0 aliphatic rings. The second-order valence-electron chi connectivity index (χ2n) is 6.58. The Kier molecular flexibility index (Phi) is 8.30. The van der Waals surface area contributed by atoms with Crippen LogP contribution in [-0.4, -0.2) is 58.7 Å². The van der Waals surface area contributed by atoms with E-state index in [4.69, 9.17) is 9.26 Å². The molecule has 0 aliphatic carbocycles. The van der Waals surface area contributed by atoms with E-state index in [0.717, 1.165) is 24.9 Å². The number of alkyl halides is 1. The zero-order chi connectivity index (χ0) is 24.7. The van der Waals surface area contributed by atoms with Gasteiger partial charge in [-0.2, -0.15) is 9.98 Å². The van der Waals surface area contributed by atoms with Crippen molar-refractivity contribution in [1.82, 2.24) is 10.1 Å². The summed E-state index contributed by atoms with van der Waals surface area (Å²) in [6.45, 7) is 0.599. The normalized spacial score (nSPS) is 12.0. The molecule has 178 valence electrons. The monoisotopic (exact) mass is 490 g/mol. The van der Waals surface area contributed by atoms with Gasteiger partial charge >= 0.3 is 6.09 Å². The van der Waals surface area contributed by atoms with E-state index in [1.807, 2.05) is 0 Å². The topological polar surface area (TPSA) is 119 Å². The first-order valence-corrected chi connectivity index (χ1v) is 11.0. The Morgan fingerprint density at radius 2 is 2.00 bits per heavy atom. The molecule has 1 N–H and O–H groups in total. The first kappa shape index (κ1) is 24.8. The van der Waals surface area contributed by atoms with E-state index in [1.165, 1.54) is 6.07 Å². The highest BCUT2D eigenvalue weighted by molar-refractivity contribution is 8.15. The Bertz CT molecular complexity index is 1230. The van der Waals surface area contributed by atoms with Gasteiger partial charge in [0.15, 0.2) is 11.6 Å². The van der Waals surface area contributed by atoms with Crippen LogP contribution < -0.4 is 4.74 Å². The van der Waals surface area contributed by atoms with Crippen LogP contribution in [0.25, 0.3) is 11.4 Å². The molecule has 1 heterocycles. The summed E-state index contributed by atoms with van der Waals surface area (Å²) in [6.07, 6.45) is 0.689. The van der Waals surface area contributed by atoms with E-state index in [0.29, 0.717) is 23.0 Å². The number of nitrogens with zero attached hydrogens (tertiary/aromatic N) is 4. The number of aromatic hydroxyl groups is 1. The number of thioether (sulfide) groups is 1. The van der Waals surface area contributed by atoms with Crippen molar-refractivity contribution in [2.24, 2.45) is 9.98 Å². The molecule has 0 aliphatic heterocycles.